The molecular formula is C18H18N4O5S. The summed E-state index contributed by atoms with van der Waals surface area (Å²) in [4.78, 5) is 19.3. The molecule has 1 aliphatic heterocycles. The molecule has 0 aliphatic carbocycles. The number of para-hydroxylation sites is 2. The number of benzene rings is 2. The monoisotopic (exact) mass is 402 g/mol. The highest BCUT2D eigenvalue weighted by atomic mass is 32.2. The lowest BCUT2D eigenvalue weighted by Gasteiger charge is -2.10. The van der Waals surface area contributed by atoms with E-state index in [9.17, 15) is 13.2 Å². The van der Waals surface area contributed by atoms with Gasteiger partial charge in [-0.15, -0.1) is 0 Å². The first kappa shape index (κ1) is 18.3. The van der Waals surface area contributed by atoms with E-state index in [-0.39, 0.29) is 10.8 Å². The minimum absolute atomic E-state index is 0.00622. The Morgan fingerprint density at radius 1 is 1.11 bits per heavy atom. The molecule has 1 aliphatic rings. The Hall–Kier alpha value is -3.11. The van der Waals surface area contributed by atoms with E-state index >= 15 is 0 Å². The molecule has 0 unspecified atom stereocenters. The second-order valence-corrected chi connectivity index (χ2v) is 7.90. The summed E-state index contributed by atoms with van der Waals surface area (Å²) in [6.45, 7) is 0.525. The fraction of sp³-hybridized carbons (Fsp3) is 0.222. The highest BCUT2D eigenvalue weighted by Gasteiger charge is 2.20. The van der Waals surface area contributed by atoms with Crippen LogP contribution in [0.1, 0.15) is 6.42 Å². The largest absolute Gasteiger partial charge is 0.490 e. The van der Waals surface area contributed by atoms with Crippen LogP contribution in [0, 0.1) is 0 Å². The summed E-state index contributed by atoms with van der Waals surface area (Å²) in [6.07, 6.45) is 0.719. The van der Waals surface area contributed by atoms with Crippen LogP contribution in [0.3, 0.4) is 0 Å². The number of hydrogen-bond donors (Lipinski definition) is 3. The summed E-state index contributed by atoms with van der Waals surface area (Å²) in [6, 6.07) is 11.6. The van der Waals surface area contributed by atoms with Gasteiger partial charge in [0.05, 0.1) is 35.7 Å². The van der Waals surface area contributed by atoms with Gasteiger partial charge in [-0.3, -0.25) is 10.1 Å². The molecule has 0 radical (unpaired) electrons. The van der Waals surface area contributed by atoms with Crippen LogP contribution in [0.4, 0.5) is 5.95 Å². The molecular weight excluding hydrogens is 384 g/mol. The summed E-state index contributed by atoms with van der Waals surface area (Å²) in [5.74, 6) is 0.573. The number of carbonyl (C=O) groups excluding carboxylic acids is 1. The van der Waals surface area contributed by atoms with Crippen molar-refractivity contribution in [3.63, 3.8) is 0 Å². The smallest absolute Gasteiger partial charge is 0.241 e. The Bertz CT molecular complexity index is 1090. The van der Waals surface area contributed by atoms with Crippen molar-refractivity contribution in [2.45, 2.75) is 11.3 Å². The molecule has 0 saturated heterocycles. The number of rotatable bonds is 5. The van der Waals surface area contributed by atoms with Gasteiger partial charge in [0.15, 0.2) is 11.5 Å². The van der Waals surface area contributed by atoms with E-state index in [2.05, 4.69) is 20.0 Å². The molecule has 0 saturated carbocycles. The van der Waals surface area contributed by atoms with Gasteiger partial charge in [-0.05, 0) is 24.3 Å². The zero-order valence-corrected chi connectivity index (χ0v) is 15.6. The maximum absolute atomic E-state index is 12.5. The fourth-order valence-corrected chi connectivity index (χ4v) is 3.74. The van der Waals surface area contributed by atoms with Crippen LogP contribution in [0.25, 0.3) is 11.0 Å². The van der Waals surface area contributed by atoms with E-state index in [1.54, 1.807) is 12.1 Å². The van der Waals surface area contributed by atoms with E-state index in [1.165, 1.54) is 12.1 Å². The Morgan fingerprint density at radius 3 is 2.71 bits per heavy atom. The SMILES string of the molecule is O=C(CNS(=O)(=O)c1ccc2c(c1)OCCCO2)Nc1nc2ccccc2[nH]1. The molecule has 2 heterocycles. The zero-order valence-electron chi connectivity index (χ0n) is 14.8. The number of carbonyl (C=O) groups is 1. The average molecular weight is 402 g/mol. The highest BCUT2D eigenvalue weighted by molar-refractivity contribution is 7.89. The molecule has 9 nitrogen and oxygen atoms in total. The van der Waals surface area contributed by atoms with Crippen molar-refractivity contribution in [3.8, 4) is 11.5 Å². The number of nitrogens with zero attached hydrogens (tertiary/aromatic N) is 1. The quantitative estimate of drug-likeness (QED) is 0.596. The van der Waals surface area contributed by atoms with Gasteiger partial charge in [0.25, 0.3) is 0 Å². The van der Waals surface area contributed by atoms with Gasteiger partial charge in [0.1, 0.15) is 0 Å². The summed E-state index contributed by atoms with van der Waals surface area (Å²) in [5, 5.41) is 2.54. The Kier molecular flexibility index (Phi) is 4.88. The normalized spacial score (nSPS) is 13.9. The van der Waals surface area contributed by atoms with Gasteiger partial charge < -0.3 is 14.5 Å². The van der Waals surface area contributed by atoms with Crippen molar-refractivity contribution in [2.75, 3.05) is 25.1 Å². The van der Waals surface area contributed by atoms with Gasteiger partial charge in [0.2, 0.25) is 21.9 Å². The predicted octanol–water partition coefficient (Wildman–Crippen LogP) is 1.64. The second-order valence-electron chi connectivity index (χ2n) is 6.13. The molecule has 0 spiro atoms. The Morgan fingerprint density at radius 2 is 1.89 bits per heavy atom. The number of sulfonamides is 1. The zero-order chi connectivity index (χ0) is 19.6. The lowest BCUT2D eigenvalue weighted by atomic mass is 10.3. The van der Waals surface area contributed by atoms with Crippen LogP contribution in [0.2, 0.25) is 0 Å². The molecule has 0 bridgehead atoms. The molecule has 3 aromatic rings. The number of fused-ring (bicyclic) bond motifs is 2. The Labute approximate surface area is 161 Å². The van der Waals surface area contributed by atoms with E-state index in [1.807, 2.05) is 18.2 Å². The minimum atomic E-state index is -3.89. The van der Waals surface area contributed by atoms with Crippen LogP contribution < -0.4 is 19.5 Å². The second kappa shape index (κ2) is 7.49. The molecule has 1 aromatic heterocycles. The van der Waals surface area contributed by atoms with Crippen LogP contribution in [0.15, 0.2) is 47.4 Å². The first-order valence-electron chi connectivity index (χ1n) is 8.65. The summed E-state index contributed by atoms with van der Waals surface area (Å²) < 4.78 is 38.3. The molecule has 28 heavy (non-hydrogen) atoms. The number of imidazole rings is 1. The summed E-state index contributed by atoms with van der Waals surface area (Å²) >= 11 is 0. The van der Waals surface area contributed by atoms with Gasteiger partial charge in [-0.2, -0.15) is 0 Å². The molecule has 3 N–H and O–H groups in total. The molecule has 4 rings (SSSR count). The topological polar surface area (TPSA) is 122 Å². The Balaban J connectivity index is 1.41. The predicted molar refractivity (Wildman–Crippen MR) is 102 cm³/mol. The van der Waals surface area contributed by atoms with Crippen LogP contribution in [0.5, 0.6) is 11.5 Å². The van der Waals surface area contributed by atoms with Crippen molar-refractivity contribution in [1.29, 1.82) is 0 Å². The summed E-state index contributed by atoms with van der Waals surface area (Å²) in [7, 11) is -3.89. The number of aromatic nitrogens is 2. The number of aromatic amines is 1. The third-order valence-electron chi connectivity index (χ3n) is 4.10. The van der Waals surface area contributed by atoms with E-state index in [4.69, 9.17) is 9.47 Å². The van der Waals surface area contributed by atoms with E-state index in [0.29, 0.717) is 30.2 Å². The van der Waals surface area contributed by atoms with Gasteiger partial charge in [0, 0.05) is 12.5 Å². The molecule has 10 heteroatoms. The molecule has 1 amide bonds. The summed E-state index contributed by atoms with van der Waals surface area (Å²) in [5.41, 5.74) is 1.47. The van der Waals surface area contributed by atoms with Crippen LogP contribution in [-0.4, -0.2) is 44.1 Å². The number of nitrogens with one attached hydrogen (secondary N) is 3. The number of hydrogen-bond acceptors (Lipinski definition) is 6. The average Bonchev–Trinajstić information content (AvgIpc) is 2.93. The van der Waals surface area contributed by atoms with Crippen LogP contribution in [-0.2, 0) is 14.8 Å². The van der Waals surface area contributed by atoms with Crippen molar-refractivity contribution >= 4 is 32.9 Å². The van der Waals surface area contributed by atoms with E-state index < -0.39 is 22.5 Å². The van der Waals surface area contributed by atoms with Gasteiger partial charge in [-0.25, -0.2) is 18.1 Å². The van der Waals surface area contributed by atoms with Crippen LogP contribution >= 0.6 is 0 Å². The lowest BCUT2D eigenvalue weighted by Crippen LogP contribution is -2.33. The maximum Gasteiger partial charge on any atom is 0.241 e. The van der Waals surface area contributed by atoms with Crippen molar-refractivity contribution < 1.29 is 22.7 Å². The van der Waals surface area contributed by atoms with Gasteiger partial charge in [-0.1, -0.05) is 12.1 Å². The highest BCUT2D eigenvalue weighted by Crippen LogP contribution is 2.31. The molecule has 0 fully saturated rings. The van der Waals surface area contributed by atoms with E-state index in [0.717, 1.165) is 11.9 Å². The lowest BCUT2D eigenvalue weighted by molar-refractivity contribution is -0.115. The number of ether oxygens (including phenoxy) is 2. The number of H-pyrrole nitrogens is 1. The standard InChI is InChI=1S/C18H18N4O5S/c23-17(22-18-20-13-4-1-2-5-14(13)21-18)11-19-28(24,25)12-6-7-15-16(10-12)27-9-3-8-26-15/h1-2,4-7,10,19H,3,8-9,11H2,(H2,20,21,22,23). The van der Waals surface area contributed by atoms with Gasteiger partial charge >= 0.3 is 0 Å². The number of amides is 1. The van der Waals surface area contributed by atoms with Crippen molar-refractivity contribution in [3.05, 3.63) is 42.5 Å². The molecule has 146 valence electrons. The molecule has 0 atom stereocenters. The minimum Gasteiger partial charge on any atom is -0.490 e. The van der Waals surface area contributed by atoms with Crippen molar-refractivity contribution in [1.82, 2.24) is 14.7 Å². The first-order valence-corrected chi connectivity index (χ1v) is 10.1. The maximum atomic E-state index is 12.5. The third-order valence-corrected chi connectivity index (χ3v) is 5.50. The third kappa shape index (κ3) is 3.92. The first-order chi connectivity index (χ1) is 13.5. The van der Waals surface area contributed by atoms with Crippen molar-refractivity contribution in [2.24, 2.45) is 0 Å². The number of anilines is 1. The molecule has 2 aromatic carbocycles. The fourth-order valence-electron chi connectivity index (χ4n) is 2.74.